The standard InChI is InChI=1S/C16H33N3/c1-13(2)15-5-8-19(9-6-15)16(12-17)7-10-18(4)14(3)11-16/h13-15H,5-12,17H2,1-4H3. The molecule has 3 heteroatoms. The average Bonchev–Trinajstić information content (AvgIpc) is 2.42. The molecule has 0 aromatic heterocycles. The zero-order chi connectivity index (χ0) is 14.0. The molecule has 0 aliphatic carbocycles. The Morgan fingerprint density at radius 2 is 1.84 bits per heavy atom. The molecule has 2 saturated heterocycles. The molecule has 2 aliphatic heterocycles. The maximum atomic E-state index is 6.21. The fourth-order valence-corrected chi connectivity index (χ4v) is 4.05. The highest BCUT2D eigenvalue weighted by Gasteiger charge is 2.42. The van der Waals surface area contributed by atoms with Gasteiger partial charge in [-0.05, 0) is 71.1 Å². The van der Waals surface area contributed by atoms with E-state index in [4.69, 9.17) is 5.73 Å². The van der Waals surface area contributed by atoms with Crippen LogP contribution in [0.5, 0.6) is 0 Å². The van der Waals surface area contributed by atoms with Crippen molar-refractivity contribution in [1.29, 1.82) is 0 Å². The molecule has 0 bridgehead atoms. The Labute approximate surface area is 119 Å². The van der Waals surface area contributed by atoms with Gasteiger partial charge in [0, 0.05) is 18.1 Å². The van der Waals surface area contributed by atoms with Gasteiger partial charge in [0.2, 0.25) is 0 Å². The Balaban J connectivity index is 1.99. The van der Waals surface area contributed by atoms with Crippen molar-refractivity contribution in [2.75, 3.05) is 33.2 Å². The predicted molar refractivity (Wildman–Crippen MR) is 82.2 cm³/mol. The second-order valence-electron chi connectivity index (χ2n) is 7.28. The molecule has 0 aromatic carbocycles. The monoisotopic (exact) mass is 267 g/mol. The van der Waals surface area contributed by atoms with Crippen LogP contribution in [-0.4, -0.2) is 54.6 Å². The second kappa shape index (κ2) is 6.11. The van der Waals surface area contributed by atoms with Crippen molar-refractivity contribution in [1.82, 2.24) is 9.80 Å². The Morgan fingerprint density at radius 1 is 1.21 bits per heavy atom. The Bertz CT molecular complexity index is 284. The van der Waals surface area contributed by atoms with Crippen LogP contribution in [0.2, 0.25) is 0 Å². The van der Waals surface area contributed by atoms with E-state index in [-0.39, 0.29) is 5.54 Å². The van der Waals surface area contributed by atoms with E-state index in [1.54, 1.807) is 0 Å². The van der Waals surface area contributed by atoms with Crippen molar-refractivity contribution in [2.24, 2.45) is 17.6 Å². The fourth-order valence-electron chi connectivity index (χ4n) is 4.05. The topological polar surface area (TPSA) is 32.5 Å². The summed E-state index contributed by atoms with van der Waals surface area (Å²) in [6.07, 6.45) is 5.22. The second-order valence-corrected chi connectivity index (χ2v) is 7.28. The van der Waals surface area contributed by atoms with Crippen LogP contribution < -0.4 is 5.73 Å². The van der Waals surface area contributed by atoms with E-state index in [9.17, 15) is 0 Å². The third-order valence-corrected chi connectivity index (χ3v) is 5.89. The molecule has 19 heavy (non-hydrogen) atoms. The highest BCUT2D eigenvalue weighted by Crippen LogP contribution is 2.35. The smallest absolute Gasteiger partial charge is 0.0358 e. The molecule has 2 aliphatic rings. The van der Waals surface area contributed by atoms with Crippen molar-refractivity contribution >= 4 is 0 Å². The summed E-state index contributed by atoms with van der Waals surface area (Å²) in [5.41, 5.74) is 6.50. The van der Waals surface area contributed by atoms with Gasteiger partial charge in [-0.3, -0.25) is 4.90 Å². The molecular formula is C16H33N3. The van der Waals surface area contributed by atoms with E-state index in [2.05, 4.69) is 37.6 Å². The van der Waals surface area contributed by atoms with Gasteiger partial charge in [-0.2, -0.15) is 0 Å². The first kappa shape index (κ1) is 15.3. The minimum Gasteiger partial charge on any atom is -0.329 e. The summed E-state index contributed by atoms with van der Waals surface area (Å²) in [6, 6.07) is 0.667. The summed E-state index contributed by atoms with van der Waals surface area (Å²) in [7, 11) is 2.25. The Hall–Kier alpha value is -0.120. The van der Waals surface area contributed by atoms with Crippen LogP contribution in [-0.2, 0) is 0 Å². The first-order valence-corrected chi connectivity index (χ1v) is 8.14. The van der Waals surface area contributed by atoms with Crippen molar-refractivity contribution in [3.05, 3.63) is 0 Å². The van der Waals surface area contributed by atoms with Crippen LogP contribution in [0, 0.1) is 11.8 Å². The van der Waals surface area contributed by atoms with E-state index in [1.807, 2.05) is 0 Å². The molecule has 3 nitrogen and oxygen atoms in total. The zero-order valence-corrected chi connectivity index (χ0v) is 13.4. The summed E-state index contributed by atoms with van der Waals surface area (Å²) in [6.45, 7) is 11.6. The molecule has 2 fully saturated rings. The molecule has 0 amide bonds. The molecule has 2 heterocycles. The highest BCUT2D eigenvalue weighted by molar-refractivity contribution is 4.99. The van der Waals surface area contributed by atoms with Crippen molar-refractivity contribution < 1.29 is 0 Å². The maximum Gasteiger partial charge on any atom is 0.0358 e. The van der Waals surface area contributed by atoms with E-state index >= 15 is 0 Å². The Kier molecular flexibility index (Phi) is 4.91. The van der Waals surface area contributed by atoms with Gasteiger partial charge in [0.05, 0.1) is 0 Å². The van der Waals surface area contributed by atoms with Gasteiger partial charge in [0.15, 0.2) is 0 Å². The average molecular weight is 267 g/mol. The summed E-state index contributed by atoms with van der Waals surface area (Å²) >= 11 is 0. The molecular weight excluding hydrogens is 234 g/mol. The molecule has 0 radical (unpaired) electrons. The number of rotatable bonds is 3. The normalized spacial score (nSPS) is 36.0. The van der Waals surface area contributed by atoms with Crippen molar-refractivity contribution in [2.45, 2.75) is 58.0 Å². The number of nitrogens with two attached hydrogens (primary N) is 1. The fraction of sp³-hybridized carbons (Fsp3) is 1.00. The number of likely N-dealkylation sites (tertiary alicyclic amines) is 2. The quantitative estimate of drug-likeness (QED) is 0.850. The van der Waals surface area contributed by atoms with Gasteiger partial charge in [-0.15, -0.1) is 0 Å². The molecule has 0 aromatic rings. The lowest BCUT2D eigenvalue weighted by Gasteiger charge is -2.52. The van der Waals surface area contributed by atoms with Crippen molar-refractivity contribution in [3.8, 4) is 0 Å². The van der Waals surface area contributed by atoms with Crippen LogP contribution in [0.3, 0.4) is 0 Å². The lowest BCUT2D eigenvalue weighted by atomic mass is 9.78. The van der Waals surface area contributed by atoms with Gasteiger partial charge >= 0.3 is 0 Å². The SMILES string of the molecule is CC(C)C1CCN(C2(CN)CCN(C)C(C)C2)CC1. The molecule has 2 rings (SSSR count). The van der Waals surface area contributed by atoms with Gasteiger partial charge in [0.25, 0.3) is 0 Å². The van der Waals surface area contributed by atoms with E-state index in [1.165, 1.54) is 45.3 Å². The lowest BCUT2D eigenvalue weighted by Crippen LogP contribution is -2.62. The molecule has 112 valence electrons. The molecule has 2 unspecified atom stereocenters. The predicted octanol–water partition coefficient (Wildman–Crippen LogP) is 2.17. The largest absolute Gasteiger partial charge is 0.329 e. The van der Waals surface area contributed by atoms with E-state index < -0.39 is 0 Å². The summed E-state index contributed by atoms with van der Waals surface area (Å²) in [5, 5.41) is 0. The number of hydrogen-bond donors (Lipinski definition) is 1. The molecule has 2 N–H and O–H groups in total. The van der Waals surface area contributed by atoms with Crippen LogP contribution in [0.1, 0.15) is 46.5 Å². The van der Waals surface area contributed by atoms with Gasteiger partial charge in [-0.1, -0.05) is 13.8 Å². The lowest BCUT2D eigenvalue weighted by molar-refractivity contribution is -0.0131. The molecule has 0 saturated carbocycles. The number of piperidine rings is 2. The minimum absolute atomic E-state index is 0.286. The van der Waals surface area contributed by atoms with Crippen LogP contribution in [0.4, 0.5) is 0 Å². The van der Waals surface area contributed by atoms with Gasteiger partial charge < -0.3 is 10.6 Å². The summed E-state index contributed by atoms with van der Waals surface area (Å²) in [4.78, 5) is 5.21. The molecule has 2 atom stereocenters. The van der Waals surface area contributed by atoms with Crippen LogP contribution in [0.25, 0.3) is 0 Å². The summed E-state index contributed by atoms with van der Waals surface area (Å²) in [5.74, 6) is 1.77. The van der Waals surface area contributed by atoms with Gasteiger partial charge in [0.1, 0.15) is 0 Å². The zero-order valence-electron chi connectivity index (χ0n) is 13.4. The Morgan fingerprint density at radius 3 is 2.32 bits per heavy atom. The van der Waals surface area contributed by atoms with Crippen LogP contribution >= 0.6 is 0 Å². The third kappa shape index (κ3) is 3.14. The number of nitrogens with zero attached hydrogens (tertiary/aromatic N) is 2. The van der Waals surface area contributed by atoms with E-state index in [0.717, 1.165) is 18.4 Å². The third-order valence-electron chi connectivity index (χ3n) is 5.89. The van der Waals surface area contributed by atoms with Crippen LogP contribution in [0.15, 0.2) is 0 Å². The minimum atomic E-state index is 0.286. The van der Waals surface area contributed by atoms with Gasteiger partial charge in [-0.25, -0.2) is 0 Å². The van der Waals surface area contributed by atoms with E-state index in [0.29, 0.717) is 6.04 Å². The highest BCUT2D eigenvalue weighted by atomic mass is 15.3. The van der Waals surface area contributed by atoms with Crippen molar-refractivity contribution in [3.63, 3.8) is 0 Å². The molecule has 0 spiro atoms. The summed E-state index contributed by atoms with van der Waals surface area (Å²) < 4.78 is 0. The maximum absolute atomic E-state index is 6.21. The number of hydrogen-bond acceptors (Lipinski definition) is 3. The first-order chi connectivity index (χ1) is 8.98. The first-order valence-electron chi connectivity index (χ1n) is 8.14.